The van der Waals surface area contributed by atoms with Gasteiger partial charge >= 0.3 is 0 Å². The highest BCUT2D eigenvalue weighted by Gasteiger charge is 2.32. The summed E-state index contributed by atoms with van der Waals surface area (Å²) in [6.07, 6.45) is 2.67. The van der Waals surface area contributed by atoms with Crippen molar-refractivity contribution in [3.8, 4) is 5.75 Å². The lowest BCUT2D eigenvalue weighted by atomic mass is 9.91. The molecule has 0 amide bonds. The minimum absolute atomic E-state index is 0.118. The van der Waals surface area contributed by atoms with Crippen LogP contribution in [0.25, 0.3) is 0 Å². The lowest BCUT2D eigenvalue weighted by molar-refractivity contribution is 0.339. The van der Waals surface area contributed by atoms with Crippen LogP contribution in [0.4, 0.5) is 0 Å². The maximum atomic E-state index is 6.33. The number of nitrogens with two attached hydrogens (primary N) is 1. The van der Waals surface area contributed by atoms with Gasteiger partial charge in [0.2, 0.25) is 0 Å². The van der Waals surface area contributed by atoms with Crippen LogP contribution < -0.4 is 10.5 Å². The Morgan fingerprint density at radius 1 is 1.47 bits per heavy atom. The van der Waals surface area contributed by atoms with Crippen LogP contribution in [-0.2, 0) is 0 Å². The van der Waals surface area contributed by atoms with Crippen LogP contribution in [0.15, 0.2) is 22.7 Å². The summed E-state index contributed by atoms with van der Waals surface area (Å²) in [4.78, 5) is 0. The third-order valence-electron chi connectivity index (χ3n) is 3.57. The molecule has 1 aromatic rings. The molecule has 1 aromatic carbocycles. The van der Waals surface area contributed by atoms with E-state index in [1.807, 2.05) is 19.1 Å². The van der Waals surface area contributed by atoms with Gasteiger partial charge in [-0.05, 0) is 49.3 Å². The quantitative estimate of drug-likeness (QED) is 0.895. The zero-order valence-electron chi connectivity index (χ0n) is 10.4. The fourth-order valence-electron chi connectivity index (χ4n) is 2.23. The molecule has 2 rings (SSSR count). The van der Waals surface area contributed by atoms with Crippen LogP contribution in [-0.4, -0.2) is 6.61 Å². The van der Waals surface area contributed by atoms with Crippen LogP contribution in [0, 0.1) is 11.8 Å². The number of hydrogen-bond donors (Lipinski definition) is 1. The van der Waals surface area contributed by atoms with Crippen molar-refractivity contribution in [2.24, 2.45) is 17.6 Å². The van der Waals surface area contributed by atoms with Crippen LogP contribution >= 0.6 is 15.9 Å². The second kappa shape index (κ2) is 5.40. The van der Waals surface area contributed by atoms with Gasteiger partial charge in [0, 0.05) is 10.5 Å². The molecule has 1 aliphatic carbocycles. The van der Waals surface area contributed by atoms with Crippen molar-refractivity contribution in [3.63, 3.8) is 0 Å². The van der Waals surface area contributed by atoms with E-state index < -0.39 is 0 Å². The Kier molecular flexibility index (Phi) is 4.10. The first-order valence-corrected chi connectivity index (χ1v) is 7.10. The second-order valence-corrected chi connectivity index (χ2v) is 5.69. The number of ether oxygens (including phenoxy) is 1. The molecule has 0 radical (unpaired) electrons. The van der Waals surface area contributed by atoms with E-state index in [1.165, 1.54) is 18.4 Å². The Morgan fingerprint density at radius 3 is 2.71 bits per heavy atom. The monoisotopic (exact) mass is 297 g/mol. The molecule has 1 saturated carbocycles. The maximum Gasteiger partial charge on any atom is 0.120 e. The van der Waals surface area contributed by atoms with E-state index in [2.05, 4.69) is 28.9 Å². The van der Waals surface area contributed by atoms with E-state index in [4.69, 9.17) is 10.5 Å². The van der Waals surface area contributed by atoms with Crippen LogP contribution in [0.3, 0.4) is 0 Å². The van der Waals surface area contributed by atoms with E-state index >= 15 is 0 Å². The van der Waals surface area contributed by atoms with Crippen molar-refractivity contribution in [2.75, 3.05) is 6.61 Å². The summed E-state index contributed by atoms with van der Waals surface area (Å²) in [7, 11) is 0. The average Bonchev–Trinajstić information content (AvgIpc) is 3.12. The first-order valence-electron chi connectivity index (χ1n) is 6.31. The van der Waals surface area contributed by atoms with Crippen molar-refractivity contribution in [1.29, 1.82) is 0 Å². The predicted molar refractivity (Wildman–Crippen MR) is 74.1 cm³/mol. The molecule has 2 unspecified atom stereocenters. The fraction of sp³-hybridized carbons (Fsp3) is 0.571. The molecule has 2 N–H and O–H groups in total. The van der Waals surface area contributed by atoms with Crippen LogP contribution in [0.2, 0.25) is 0 Å². The molecule has 0 bridgehead atoms. The highest BCUT2D eigenvalue weighted by molar-refractivity contribution is 9.10. The molecule has 0 heterocycles. The van der Waals surface area contributed by atoms with Crippen molar-refractivity contribution in [3.05, 3.63) is 28.2 Å². The summed E-state index contributed by atoms with van der Waals surface area (Å²) in [5, 5.41) is 0. The first kappa shape index (κ1) is 12.9. The molecule has 0 aromatic heterocycles. The lowest BCUT2D eigenvalue weighted by Crippen LogP contribution is -2.21. The zero-order chi connectivity index (χ0) is 12.4. The van der Waals surface area contributed by atoms with Gasteiger partial charge in [0.25, 0.3) is 0 Å². The van der Waals surface area contributed by atoms with Crippen molar-refractivity contribution < 1.29 is 4.74 Å². The number of hydrogen-bond acceptors (Lipinski definition) is 2. The molecule has 0 spiro atoms. The summed E-state index contributed by atoms with van der Waals surface area (Å²) in [6.45, 7) is 4.93. The molecule has 1 aliphatic rings. The number of rotatable bonds is 5. The molecule has 2 nitrogen and oxygen atoms in total. The molecule has 1 fully saturated rings. The van der Waals surface area contributed by atoms with Crippen LogP contribution in [0.1, 0.15) is 38.3 Å². The third kappa shape index (κ3) is 3.02. The summed E-state index contributed by atoms with van der Waals surface area (Å²) >= 11 is 3.60. The SMILES string of the molecule is CCOc1ccc(C(N)C(C)C2CC2)c(Br)c1. The van der Waals surface area contributed by atoms with E-state index in [9.17, 15) is 0 Å². The van der Waals surface area contributed by atoms with E-state index in [1.54, 1.807) is 0 Å². The molecule has 3 heteroatoms. The van der Waals surface area contributed by atoms with Crippen LogP contribution in [0.5, 0.6) is 5.75 Å². The fourth-order valence-corrected chi connectivity index (χ4v) is 2.86. The summed E-state index contributed by atoms with van der Waals surface area (Å²) < 4.78 is 6.53. The Morgan fingerprint density at radius 2 is 2.18 bits per heavy atom. The molecule has 0 saturated heterocycles. The average molecular weight is 298 g/mol. The molecule has 17 heavy (non-hydrogen) atoms. The highest BCUT2D eigenvalue weighted by Crippen LogP contribution is 2.43. The predicted octanol–water partition coefficient (Wildman–Crippen LogP) is 3.89. The Labute approximate surface area is 112 Å². The van der Waals surface area contributed by atoms with E-state index in [0.717, 1.165) is 16.1 Å². The molecular weight excluding hydrogens is 278 g/mol. The third-order valence-corrected chi connectivity index (χ3v) is 4.26. The van der Waals surface area contributed by atoms with Gasteiger partial charge in [-0.25, -0.2) is 0 Å². The van der Waals surface area contributed by atoms with E-state index in [-0.39, 0.29) is 6.04 Å². The Hall–Kier alpha value is -0.540. The summed E-state index contributed by atoms with van der Waals surface area (Å²) in [5.74, 6) is 2.28. The highest BCUT2D eigenvalue weighted by atomic mass is 79.9. The molecular formula is C14H20BrNO. The van der Waals surface area contributed by atoms with Crippen molar-refractivity contribution in [1.82, 2.24) is 0 Å². The maximum absolute atomic E-state index is 6.33. The Balaban J connectivity index is 2.14. The van der Waals surface area contributed by atoms with Gasteiger partial charge in [0.15, 0.2) is 0 Å². The van der Waals surface area contributed by atoms with Gasteiger partial charge in [-0.3, -0.25) is 0 Å². The molecule has 2 atom stereocenters. The largest absolute Gasteiger partial charge is 0.494 e. The van der Waals surface area contributed by atoms with Gasteiger partial charge in [-0.2, -0.15) is 0 Å². The van der Waals surface area contributed by atoms with Crippen molar-refractivity contribution in [2.45, 2.75) is 32.7 Å². The summed E-state index contributed by atoms with van der Waals surface area (Å²) in [5.41, 5.74) is 7.52. The van der Waals surface area contributed by atoms with Gasteiger partial charge in [-0.1, -0.05) is 28.9 Å². The number of halogens is 1. The zero-order valence-corrected chi connectivity index (χ0v) is 12.0. The van der Waals surface area contributed by atoms with Crippen molar-refractivity contribution >= 4 is 15.9 Å². The smallest absolute Gasteiger partial charge is 0.120 e. The number of benzene rings is 1. The topological polar surface area (TPSA) is 35.2 Å². The van der Waals surface area contributed by atoms with Gasteiger partial charge in [0.05, 0.1) is 6.61 Å². The van der Waals surface area contributed by atoms with Gasteiger partial charge in [-0.15, -0.1) is 0 Å². The lowest BCUT2D eigenvalue weighted by Gasteiger charge is -2.21. The molecule has 94 valence electrons. The van der Waals surface area contributed by atoms with Gasteiger partial charge in [0.1, 0.15) is 5.75 Å². The normalized spacial score (nSPS) is 18.8. The van der Waals surface area contributed by atoms with E-state index in [0.29, 0.717) is 12.5 Å². The standard InChI is InChI=1S/C14H20BrNO/c1-3-17-11-6-7-12(13(15)8-11)14(16)9(2)10-4-5-10/h6-10,14H,3-5,16H2,1-2H3. The minimum atomic E-state index is 0.118. The Bertz CT molecular complexity index is 390. The minimum Gasteiger partial charge on any atom is -0.494 e. The second-order valence-electron chi connectivity index (χ2n) is 4.84. The van der Waals surface area contributed by atoms with Gasteiger partial charge < -0.3 is 10.5 Å². The first-order chi connectivity index (χ1) is 8.13. The summed E-state index contributed by atoms with van der Waals surface area (Å²) in [6, 6.07) is 6.22. The molecule has 0 aliphatic heterocycles.